The third-order valence-electron chi connectivity index (χ3n) is 2.40. The highest BCUT2D eigenvalue weighted by Gasteiger charge is 2.02. The molecule has 4 N–H and O–H groups in total. The SMILES string of the molecule is NC(=S)N/N=C/c1cc(-c2cccnc2)ccc1O. The van der Waals surface area contributed by atoms with Crippen molar-refractivity contribution in [1.29, 1.82) is 0 Å². The molecule has 0 unspecified atom stereocenters. The molecule has 0 aliphatic heterocycles. The zero-order valence-corrected chi connectivity index (χ0v) is 10.8. The van der Waals surface area contributed by atoms with Crippen molar-refractivity contribution in [2.24, 2.45) is 10.8 Å². The number of phenols is 1. The minimum Gasteiger partial charge on any atom is -0.507 e. The van der Waals surface area contributed by atoms with Crippen LogP contribution >= 0.6 is 12.2 Å². The van der Waals surface area contributed by atoms with Crippen LogP contribution in [0.15, 0.2) is 47.8 Å². The number of hydrogen-bond acceptors (Lipinski definition) is 4. The molecule has 2 aromatic rings. The lowest BCUT2D eigenvalue weighted by Gasteiger charge is -2.04. The smallest absolute Gasteiger partial charge is 0.184 e. The second-order valence-electron chi connectivity index (χ2n) is 3.75. The van der Waals surface area contributed by atoms with Gasteiger partial charge in [0, 0.05) is 23.5 Å². The van der Waals surface area contributed by atoms with Crippen LogP contribution in [-0.2, 0) is 0 Å². The summed E-state index contributed by atoms with van der Waals surface area (Å²) < 4.78 is 0. The molecule has 1 heterocycles. The molecule has 0 bridgehead atoms. The van der Waals surface area contributed by atoms with Gasteiger partial charge in [-0.3, -0.25) is 10.4 Å². The number of nitrogens with two attached hydrogens (primary N) is 1. The number of nitrogens with zero attached hydrogens (tertiary/aromatic N) is 2. The van der Waals surface area contributed by atoms with E-state index in [2.05, 4.69) is 27.7 Å². The summed E-state index contributed by atoms with van der Waals surface area (Å²) in [5.74, 6) is 0.126. The molecule has 0 amide bonds. The zero-order valence-electron chi connectivity index (χ0n) is 9.95. The lowest BCUT2D eigenvalue weighted by Crippen LogP contribution is -2.23. The number of phenolic OH excluding ortho intramolecular Hbond substituents is 1. The number of benzene rings is 1. The van der Waals surface area contributed by atoms with Gasteiger partial charge in [0.05, 0.1) is 6.21 Å². The molecule has 0 spiro atoms. The van der Waals surface area contributed by atoms with E-state index in [1.54, 1.807) is 24.5 Å². The Bertz CT molecular complexity index is 613. The Balaban J connectivity index is 2.30. The maximum Gasteiger partial charge on any atom is 0.184 e. The van der Waals surface area contributed by atoms with Crippen LogP contribution in [0, 0.1) is 0 Å². The normalized spacial score (nSPS) is 10.5. The quantitative estimate of drug-likeness (QED) is 0.449. The van der Waals surface area contributed by atoms with Crippen molar-refractivity contribution in [3.05, 3.63) is 48.3 Å². The Kier molecular flexibility index (Phi) is 4.04. The van der Waals surface area contributed by atoms with Gasteiger partial charge in [-0.25, -0.2) is 0 Å². The summed E-state index contributed by atoms with van der Waals surface area (Å²) >= 11 is 4.63. The molecule has 0 aliphatic rings. The van der Waals surface area contributed by atoms with Crippen molar-refractivity contribution in [1.82, 2.24) is 10.4 Å². The fourth-order valence-electron chi connectivity index (χ4n) is 1.54. The van der Waals surface area contributed by atoms with Crippen molar-refractivity contribution in [3.63, 3.8) is 0 Å². The summed E-state index contributed by atoms with van der Waals surface area (Å²) in [5, 5.41) is 13.6. The minimum absolute atomic E-state index is 0.0687. The highest BCUT2D eigenvalue weighted by atomic mass is 32.1. The Morgan fingerprint density at radius 2 is 2.21 bits per heavy atom. The second kappa shape index (κ2) is 5.92. The van der Waals surface area contributed by atoms with Gasteiger partial charge in [0.25, 0.3) is 0 Å². The molecule has 2 rings (SSSR count). The Hall–Kier alpha value is -2.47. The lowest BCUT2D eigenvalue weighted by molar-refractivity contribution is 0.474. The number of thiocarbonyl (C=S) groups is 1. The molecule has 0 saturated heterocycles. The first kappa shape index (κ1) is 13.0. The standard InChI is InChI=1S/C13H12N4OS/c14-13(19)17-16-8-11-6-9(3-4-12(11)18)10-2-1-5-15-7-10/h1-8,18H,(H3,14,17,19)/b16-8+. The first-order chi connectivity index (χ1) is 9.16. The molecule has 0 atom stereocenters. The summed E-state index contributed by atoms with van der Waals surface area (Å²) in [4.78, 5) is 4.06. The van der Waals surface area contributed by atoms with Crippen molar-refractivity contribution < 1.29 is 5.11 Å². The maximum absolute atomic E-state index is 9.75. The number of pyridine rings is 1. The average molecular weight is 272 g/mol. The molecule has 1 aromatic heterocycles. The zero-order chi connectivity index (χ0) is 13.7. The van der Waals surface area contributed by atoms with Crippen LogP contribution in [0.2, 0.25) is 0 Å². The highest BCUT2D eigenvalue weighted by Crippen LogP contribution is 2.24. The number of aromatic nitrogens is 1. The van der Waals surface area contributed by atoms with Crippen LogP contribution in [-0.4, -0.2) is 21.4 Å². The maximum atomic E-state index is 9.75. The van der Waals surface area contributed by atoms with Gasteiger partial charge in [-0.15, -0.1) is 0 Å². The molecule has 96 valence electrons. The first-order valence-corrected chi connectivity index (χ1v) is 5.89. The number of hydrogen-bond donors (Lipinski definition) is 3. The molecular weight excluding hydrogens is 260 g/mol. The van der Waals surface area contributed by atoms with Crippen molar-refractivity contribution >= 4 is 23.5 Å². The van der Waals surface area contributed by atoms with E-state index in [9.17, 15) is 5.11 Å². The van der Waals surface area contributed by atoms with Gasteiger partial charge in [-0.05, 0) is 36.0 Å². The van der Waals surface area contributed by atoms with Crippen LogP contribution in [0.25, 0.3) is 11.1 Å². The van der Waals surface area contributed by atoms with E-state index in [1.807, 2.05) is 18.2 Å². The largest absolute Gasteiger partial charge is 0.507 e. The fraction of sp³-hybridized carbons (Fsp3) is 0. The van der Waals surface area contributed by atoms with Crippen LogP contribution in [0.5, 0.6) is 5.75 Å². The van der Waals surface area contributed by atoms with Crippen LogP contribution in [0.3, 0.4) is 0 Å². The molecule has 0 saturated carbocycles. The predicted molar refractivity (Wildman–Crippen MR) is 78.9 cm³/mol. The van der Waals surface area contributed by atoms with Crippen LogP contribution < -0.4 is 11.2 Å². The number of aromatic hydroxyl groups is 1. The molecular formula is C13H12N4OS. The van der Waals surface area contributed by atoms with Gasteiger partial charge in [-0.1, -0.05) is 12.1 Å². The highest BCUT2D eigenvalue weighted by molar-refractivity contribution is 7.80. The molecule has 0 fully saturated rings. The predicted octanol–water partition coefficient (Wildman–Crippen LogP) is 1.62. The molecule has 0 aliphatic carbocycles. The second-order valence-corrected chi connectivity index (χ2v) is 4.19. The fourth-order valence-corrected chi connectivity index (χ4v) is 1.59. The third-order valence-corrected chi connectivity index (χ3v) is 2.49. The Morgan fingerprint density at radius 1 is 1.37 bits per heavy atom. The van der Waals surface area contributed by atoms with E-state index < -0.39 is 0 Å². The summed E-state index contributed by atoms with van der Waals surface area (Å²) in [6.07, 6.45) is 4.91. The van der Waals surface area contributed by atoms with Gasteiger partial charge in [0.15, 0.2) is 5.11 Å². The summed E-state index contributed by atoms with van der Waals surface area (Å²) in [5.41, 5.74) is 10.1. The van der Waals surface area contributed by atoms with Gasteiger partial charge in [0.2, 0.25) is 0 Å². The molecule has 6 heteroatoms. The number of nitrogens with one attached hydrogen (secondary N) is 1. The summed E-state index contributed by atoms with van der Waals surface area (Å²) in [6, 6.07) is 9.00. The number of hydrazone groups is 1. The lowest BCUT2D eigenvalue weighted by atomic mass is 10.0. The van der Waals surface area contributed by atoms with Crippen molar-refractivity contribution in [2.45, 2.75) is 0 Å². The summed E-state index contributed by atoms with van der Waals surface area (Å²) in [6.45, 7) is 0. The minimum atomic E-state index is 0.0687. The van der Waals surface area contributed by atoms with E-state index in [-0.39, 0.29) is 10.9 Å². The van der Waals surface area contributed by atoms with Gasteiger partial charge in [0.1, 0.15) is 5.75 Å². The Labute approximate surface area is 115 Å². The van der Waals surface area contributed by atoms with Gasteiger partial charge < -0.3 is 10.8 Å². The van der Waals surface area contributed by atoms with Gasteiger partial charge in [-0.2, -0.15) is 5.10 Å². The van der Waals surface area contributed by atoms with E-state index >= 15 is 0 Å². The Morgan fingerprint density at radius 3 is 2.89 bits per heavy atom. The van der Waals surface area contributed by atoms with Crippen molar-refractivity contribution in [3.8, 4) is 16.9 Å². The molecule has 19 heavy (non-hydrogen) atoms. The number of rotatable bonds is 3. The first-order valence-electron chi connectivity index (χ1n) is 5.49. The van der Waals surface area contributed by atoms with E-state index in [1.165, 1.54) is 6.21 Å². The topological polar surface area (TPSA) is 83.5 Å². The van der Waals surface area contributed by atoms with E-state index in [0.717, 1.165) is 11.1 Å². The third kappa shape index (κ3) is 3.49. The average Bonchev–Trinajstić information content (AvgIpc) is 2.41. The van der Waals surface area contributed by atoms with Gasteiger partial charge >= 0.3 is 0 Å². The summed E-state index contributed by atoms with van der Waals surface area (Å²) in [7, 11) is 0. The van der Waals surface area contributed by atoms with E-state index in [4.69, 9.17) is 5.73 Å². The van der Waals surface area contributed by atoms with Crippen LogP contribution in [0.1, 0.15) is 5.56 Å². The van der Waals surface area contributed by atoms with Crippen molar-refractivity contribution in [2.75, 3.05) is 0 Å². The molecule has 5 nitrogen and oxygen atoms in total. The molecule has 1 aromatic carbocycles. The molecule has 0 radical (unpaired) electrons. The van der Waals surface area contributed by atoms with E-state index in [0.29, 0.717) is 5.56 Å². The monoisotopic (exact) mass is 272 g/mol. The van der Waals surface area contributed by atoms with Crippen LogP contribution in [0.4, 0.5) is 0 Å².